The summed E-state index contributed by atoms with van der Waals surface area (Å²) in [6, 6.07) is 5.31. The number of aliphatic hydroxyl groups excluding tert-OH is 1. The van der Waals surface area contributed by atoms with E-state index in [9.17, 15) is 0 Å². The number of aliphatic hydroxyl groups is 2. The fourth-order valence-corrected chi connectivity index (χ4v) is 1.22. The Labute approximate surface area is 80.9 Å². The van der Waals surface area contributed by atoms with E-state index in [1.165, 1.54) is 0 Å². The summed E-state index contributed by atoms with van der Waals surface area (Å²) in [5, 5.41) is 20.1. The molecule has 5 nitrogen and oxygen atoms in total. The van der Waals surface area contributed by atoms with Crippen LogP contribution in [0.15, 0.2) is 18.2 Å². The zero-order valence-corrected chi connectivity index (χ0v) is 7.43. The van der Waals surface area contributed by atoms with Crippen LogP contribution in [0.3, 0.4) is 0 Å². The number of ether oxygens (including phenoxy) is 2. The molecule has 76 valence electrons. The number of hydrogen-bond donors (Lipinski definition) is 3. The van der Waals surface area contributed by atoms with Crippen LogP contribution in [0.5, 0.6) is 11.5 Å². The first-order chi connectivity index (χ1) is 6.75. The molecule has 1 aromatic carbocycles. The Bertz CT molecular complexity index is 327. The van der Waals surface area contributed by atoms with Crippen molar-refractivity contribution in [1.82, 2.24) is 0 Å². The number of anilines is 1. The van der Waals surface area contributed by atoms with Gasteiger partial charge in [0.1, 0.15) is 0 Å². The van der Waals surface area contributed by atoms with Gasteiger partial charge in [-0.05, 0) is 12.1 Å². The van der Waals surface area contributed by atoms with E-state index in [0.717, 1.165) is 5.69 Å². The maximum absolute atomic E-state index is 8.64. The molecule has 0 spiro atoms. The lowest BCUT2D eigenvalue weighted by atomic mass is 10.3. The van der Waals surface area contributed by atoms with Crippen molar-refractivity contribution in [3.05, 3.63) is 18.2 Å². The molecule has 0 amide bonds. The molecule has 1 aliphatic heterocycles. The monoisotopic (exact) mass is 197 g/mol. The fourth-order valence-electron chi connectivity index (χ4n) is 1.22. The van der Waals surface area contributed by atoms with E-state index in [-0.39, 0.29) is 13.3 Å². The van der Waals surface area contributed by atoms with Crippen LogP contribution in [0.25, 0.3) is 0 Å². The molecule has 5 heteroatoms. The topological polar surface area (TPSA) is 71.0 Å². The molecular weight excluding hydrogens is 186 g/mol. The number of fused-ring (bicyclic) bond motifs is 1. The van der Waals surface area contributed by atoms with Crippen LogP contribution >= 0.6 is 0 Å². The third kappa shape index (κ3) is 1.89. The number of nitrogens with one attached hydrogen (secondary N) is 1. The number of rotatable bonds is 3. The average molecular weight is 197 g/mol. The molecule has 1 heterocycles. The van der Waals surface area contributed by atoms with E-state index in [1.807, 2.05) is 0 Å². The maximum Gasteiger partial charge on any atom is 0.231 e. The summed E-state index contributed by atoms with van der Waals surface area (Å²) in [6.45, 7) is 0.320. The largest absolute Gasteiger partial charge is 0.454 e. The Morgan fingerprint density at radius 1 is 1.29 bits per heavy atom. The van der Waals surface area contributed by atoms with E-state index < -0.39 is 6.29 Å². The second kappa shape index (κ2) is 3.73. The first-order valence-corrected chi connectivity index (χ1v) is 4.25. The Morgan fingerprint density at radius 3 is 2.86 bits per heavy atom. The summed E-state index contributed by atoms with van der Waals surface area (Å²) in [7, 11) is 0. The molecule has 0 radical (unpaired) electrons. The number of benzene rings is 1. The van der Waals surface area contributed by atoms with Crippen molar-refractivity contribution in [3.63, 3.8) is 0 Å². The van der Waals surface area contributed by atoms with Gasteiger partial charge in [-0.3, -0.25) is 0 Å². The summed E-state index contributed by atoms with van der Waals surface area (Å²) in [5.41, 5.74) is 0.766. The minimum absolute atomic E-state index is 0.0830. The molecular formula is C9H11NO4. The van der Waals surface area contributed by atoms with E-state index >= 15 is 0 Å². The SMILES string of the molecule is OC(O)CNc1ccc2c(c1)OCO2. The van der Waals surface area contributed by atoms with Gasteiger partial charge in [-0.1, -0.05) is 0 Å². The molecule has 2 rings (SSSR count). The first kappa shape index (κ1) is 9.11. The molecule has 1 aromatic rings. The lowest BCUT2D eigenvalue weighted by molar-refractivity contribution is -0.0275. The Kier molecular flexibility index (Phi) is 2.43. The predicted molar refractivity (Wildman–Crippen MR) is 49.3 cm³/mol. The maximum atomic E-state index is 8.64. The van der Waals surface area contributed by atoms with Crippen LogP contribution in [-0.2, 0) is 0 Å². The molecule has 14 heavy (non-hydrogen) atoms. The normalized spacial score (nSPS) is 13.4. The minimum Gasteiger partial charge on any atom is -0.454 e. The fraction of sp³-hybridized carbons (Fsp3) is 0.333. The highest BCUT2D eigenvalue weighted by Crippen LogP contribution is 2.34. The van der Waals surface area contributed by atoms with E-state index in [4.69, 9.17) is 19.7 Å². The van der Waals surface area contributed by atoms with Crippen LogP contribution in [0.4, 0.5) is 5.69 Å². The van der Waals surface area contributed by atoms with Gasteiger partial charge in [0.2, 0.25) is 6.79 Å². The van der Waals surface area contributed by atoms with Crippen LogP contribution in [-0.4, -0.2) is 29.8 Å². The van der Waals surface area contributed by atoms with Gasteiger partial charge in [-0.25, -0.2) is 0 Å². The molecule has 0 aromatic heterocycles. The van der Waals surface area contributed by atoms with Gasteiger partial charge >= 0.3 is 0 Å². The first-order valence-electron chi connectivity index (χ1n) is 4.25. The summed E-state index contributed by atoms with van der Waals surface area (Å²) in [5.74, 6) is 1.38. The van der Waals surface area contributed by atoms with Gasteiger partial charge in [0.15, 0.2) is 17.8 Å². The zero-order chi connectivity index (χ0) is 9.97. The van der Waals surface area contributed by atoms with E-state index in [0.29, 0.717) is 11.5 Å². The minimum atomic E-state index is -1.36. The second-order valence-corrected chi connectivity index (χ2v) is 2.93. The third-order valence-corrected chi connectivity index (χ3v) is 1.86. The molecule has 0 atom stereocenters. The quantitative estimate of drug-likeness (QED) is 0.601. The summed E-state index contributed by atoms with van der Waals surface area (Å²) in [6.07, 6.45) is -1.36. The highest BCUT2D eigenvalue weighted by atomic mass is 16.7. The highest BCUT2D eigenvalue weighted by molar-refractivity contribution is 5.55. The Morgan fingerprint density at radius 2 is 2.07 bits per heavy atom. The van der Waals surface area contributed by atoms with E-state index in [2.05, 4.69) is 5.32 Å². The average Bonchev–Trinajstić information content (AvgIpc) is 2.61. The van der Waals surface area contributed by atoms with Crippen LogP contribution in [0.1, 0.15) is 0 Å². The van der Waals surface area contributed by atoms with Crippen molar-refractivity contribution in [1.29, 1.82) is 0 Å². The van der Waals surface area contributed by atoms with Gasteiger partial charge in [0.05, 0.1) is 6.54 Å². The number of hydrogen-bond acceptors (Lipinski definition) is 5. The third-order valence-electron chi connectivity index (χ3n) is 1.86. The van der Waals surface area contributed by atoms with Crippen LogP contribution in [0, 0.1) is 0 Å². The molecule has 0 unspecified atom stereocenters. The summed E-state index contributed by atoms with van der Waals surface area (Å²) >= 11 is 0. The molecule has 0 aliphatic carbocycles. The lowest BCUT2D eigenvalue weighted by Crippen LogP contribution is -2.18. The van der Waals surface area contributed by atoms with Crippen molar-refractivity contribution >= 4 is 5.69 Å². The standard InChI is InChI=1S/C9H11NO4/c11-9(12)4-10-6-1-2-7-8(3-6)14-5-13-7/h1-3,9-12H,4-5H2. The second-order valence-electron chi connectivity index (χ2n) is 2.93. The van der Waals surface area contributed by atoms with Gasteiger partial charge in [-0.2, -0.15) is 0 Å². The van der Waals surface area contributed by atoms with Crippen molar-refractivity contribution < 1.29 is 19.7 Å². The highest BCUT2D eigenvalue weighted by Gasteiger charge is 2.12. The van der Waals surface area contributed by atoms with E-state index in [1.54, 1.807) is 18.2 Å². The Balaban J connectivity index is 2.05. The zero-order valence-electron chi connectivity index (χ0n) is 7.43. The summed E-state index contributed by atoms with van der Waals surface area (Å²) in [4.78, 5) is 0. The molecule has 0 fully saturated rings. The van der Waals surface area contributed by atoms with Gasteiger partial charge < -0.3 is 25.0 Å². The molecule has 3 N–H and O–H groups in total. The molecule has 0 saturated carbocycles. The predicted octanol–water partition coefficient (Wildman–Crippen LogP) is 0.138. The van der Waals surface area contributed by atoms with Crippen LogP contribution in [0.2, 0.25) is 0 Å². The molecule has 0 bridgehead atoms. The van der Waals surface area contributed by atoms with Gasteiger partial charge in [0.25, 0.3) is 0 Å². The Hall–Kier alpha value is -1.46. The van der Waals surface area contributed by atoms with Crippen molar-refractivity contribution in [3.8, 4) is 11.5 Å². The van der Waals surface area contributed by atoms with Gasteiger partial charge in [0, 0.05) is 11.8 Å². The van der Waals surface area contributed by atoms with Crippen molar-refractivity contribution in [2.45, 2.75) is 6.29 Å². The smallest absolute Gasteiger partial charge is 0.231 e. The van der Waals surface area contributed by atoms with Crippen molar-refractivity contribution in [2.75, 3.05) is 18.7 Å². The molecule has 0 saturated heterocycles. The molecule has 1 aliphatic rings. The van der Waals surface area contributed by atoms with Crippen LogP contribution < -0.4 is 14.8 Å². The lowest BCUT2D eigenvalue weighted by Gasteiger charge is -2.07. The van der Waals surface area contributed by atoms with Crippen molar-refractivity contribution in [2.24, 2.45) is 0 Å². The summed E-state index contributed by atoms with van der Waals surface area (Å²) < 4.78 is 10.3. The van der Waals surface area contributed by atoms with Gasteiger partial charge in [-0.15, -0.1) is 0 Å².